The first kappa shape index (κ1) is 10.9. The van der Waals surface area contributed by atoms with Crippen LogP contribution in [0.5, 0.6) is 0 Å². The molecule has 0 amide bonds. The molecule has 0 saturated heterocycles. The van der Waals surface area contributed by atoms with E-state index in [0.717, 1.165) is 5.52 Å². The molecule has 1 aromatic carbocycles. The van der Waals surface area contributed by atoms with Gasteiger partial charge in [0.25, 0.3) is 0 Å². The highest BCUT2D eigenvalue weighted by Crippen LogP contribution is 2.18. The average Bonchev–Trinajstić information content (AvgIpc) is 2.28. The SMILES string of the molecule is CC(C)C(C)Nc1ccc2ncccc2c1. The largest absolute Gasteiger partial charge is 0.382 e. The molecule has 1 atom stereocenters. The molecule has 1 N–H and O–H groups in total. The lowest BCUT2D eigenvalue weighted by molar-refractivity contribution is 0.560. The van der Waals surface area contributed by atoms with Crippen LogP contribution in [0.3, 0.4) is 0 Å². The number of nitrogens with zero attached hydrogens (tertiary/aromatic N) is 1. The van der Waals surface area contributed by atoms with Crippen LogP contribution < -0.4 is 5.32 Å². The smallest absolute Gasteiger partial charge is 0.0703 e. The van der Waals surface area contributed by atoms with Crippen LogP contribution in [-0.4, -0.2) is 11.0 Å². The molecule has 16 heavy (non-hydrogen) atoms. The lowest BCUT2D eigenvalue weighted by atomic mass is 10.1. The molecule has 0 spiro atoms. The summed E-state index contributed by atoms with van der Waals surface area (Å²) in [7, 11) is 0. The van der Waals surface area contributed by atoms with Crippen molar-refractivity contribution in [2.75, 3.05) is 5.32 Å². The number of fused-ring (bicyclic) bond motifs is 1. The van der Waals surface area contributed by atoms with Crippen molar-refractivity contribution in [1.29, 1.82) is 0 Å². The molecular weight excluding hydrogens is 196 g/mol. The number of hydrogen-bond acceptors (Lipinski definition) is 2. The van der Waals surface area contributed by atoms with Crippen molar-refractivity contribution in [2.24, 2.45) is 5.92 Å². The van der Waals surface area contributed by atoms with Crippen molar-refractivity contribution >= 4 is 16.6 Å². The maximum absolute atomic E-state index is 4.31. The van der Waals surface area contributed by atoms with Crippen LogP contribution in [0.25, 0.3) is 10.9 Å². The molecule has 2 heteroatoms. The van der Waals surface area contributed by atoms with E-state index in [2.05, 4.69) is 55.3 Å². The van der Waals surface area contributed by atoms with Gasteiger partial charge in [-0.15, -0.1) is 0 Å². The van der Waals surface area contributed by atoms with Crippen LogP contribution >= 0.6 is 0 Å². The van der Waals surface area contributed by atoms with Crippen LogP contribution in [0.15, 0.2) is 36.5 Å². The zero-order chi connectivity index (χ0) is 11.5. The molecule has 0 aliphatic heterocycles. The van der Waals surface area contributed by atoms with E-state index in [1.165, 1.54) is 11.1 Å². The van der Waals surface area contributed by atoms with Gasteiger partial charge in [0.2, 0.25) is 0 Å². The highest BCUT2D eigenvalue weighted by Gasteiger charge is 2.06. The minimum atomic E-state index is 0.481. The zero-order valence-corrected chi connectivity index (χ0v) is 10.1. The van der Waals surface area contributed by atoms with Gasteiger partial charge in [-0.3, -0.25) is 4.98 Å². The normalized spacial score (nSPS) is 13.0. The van der Waals surface area contributed by atoms with Crippen molar-refractivity contribution in [2.45, 2.75) is 26.8 Å². The molecule has 0 fully saturated rings. The first-order valence-electron chi connectivity index (χ1n) is 5.78. The number of rotatable bonds is 3. The van der Waals surface area contributed by atoms with E-state index in [9.17, 15) is 0 Å². The third-order valence-electron chi connectivity index (χ3n) is 3.00. The van der Waals surface area contributed by atoms with Gasteiger partial charge in [0.15, 0.2) is 0 Å². The topological polar surface area (TPSA) is 24.9 Å². The fourth-order valence-electron chi connectivity index (χ4n) is 1.59. The molecule has 0 bridgehead atoms. The van der Waals surface area contributed by atoms with E-state index >= 15 is 0 Å². The van der Waals surface area contributed by atoms with Crippen LogP contribution in [0.2, 0.25) is 0 Å². The zero-order valence-electron chi connectivity index (χ0n) is 10.1. The van der Waals surface area contributed by atoms with E-state index in [4.69, 9.17) is 0 Å². The first-order chi connectivity index (χ1) is 7.66. The molecule has 1 aromatic heterocycles. The fourth-order valence-corrected chi connectivity index (χ4v) is 1.59. The number of pyridine rings is 1. The molecule has 2 aromatic rings. The highest BCUT2D eigenvalue weighted by molar-refractivity contribution is 5.82. The summed E-state index contributed by atoms with van der Waals surface area (Å²) in [6.07, 6.45) is 1.83. The Morgan fingerprint density at radius 1 is 1.12 bits per heavy atom. The summed E-state index contributed by atoms with van der Waals surface area (Å²) < 4.78 is 0. The Morgan fingerprint density at radius 2 is 1.94 bits per heavy atom. The molecule has 1 unspecified atom stereocenters. The Hall–Kier alpha value is -1.57. The predicted molar refractivity (Wildman–Crippen MR) is 69.7 cm³/mol. The van der Waals surface area contributed by atoms with Gasteiger partial charge in [-0.05, 0) is 37.1 Å². The summed E-state index contributed by atoms with van der Waals surface area (Å²) in [6.45, 7) is 6.65. The summed E-state index contributed by atoms with van der Waals surface area (Å²) in [6, 6.07) is 10.8. The molecule has 0 aliphatic carbocycles. The molecule has 0 aliphatic rings. The number of hydrogen-bond donors (Lipinski definition) is 1. The van der Waals surface area contributed by atoms with Crippen molar-refractivity contribution in [3.8, 4) is 0 Å². The average molecular weight is 214 g/mol. The number of aromatic nitrogens is 1. The fraction of sp³-hybridized carbons (Fsp3) is 0.357. The lowest BCUT2D eigenvalue weighted by Gasteiger charge is -2.18. The van der Waals surface area contributed by atoms with Crippen molar-refractivity contribution in [3.05, 3.63) is 36.5 Å². The molecule has 2 nitrogen and oxygen atoms in total. The predicted octanol–water partition coefficient (Wildman–Crippen LogP) is 3.69. The lowest BCUT2D eigenvalue weighted by Crippen LogP contribution is -2.21. The molecule has 2 rings (SSSR count). The summed E-state index contributed by atoms with van der Waals surface area (Å²) >= 11 is 0. The number of anilines is 1. The Bertz CT molecular complexity index is 477. The maximum Gasteiger partial charge on any atom is 0.0703 e. The summed E-state index contributed by atoms with van der Waals surface area (Å²) in [5, 5.41) is 4.69. The van der Waals surface area contributed by atoms with Gasteiger partial charge < -0.3 is 5.32 Å². The molecular formula is C14H18N2. The van der Waals surface area contributed by atoms with E-state index in [1.807, 2.05) is 12.3 Å². The molecule has 0 radical (unpaired) electrons. The van der Waals surface area contributed by atoms with E-state index in [1.54, 1.807) is 0 Å². The van der Waals surface area contributed by atoms with Gasteiger partial charge in [0.05, 0.1) is 5.52 Å². The summed E-state index contributed by atoms with van der Waals surface area (Å²) in [5.74, 6) is 0.629. The monoisotopic (exact) mass is 214 g/mol. The molecule has 1 heterocycles. The molecule has 0 saturated carbocycles. The summed E-state index contributed by atoms with van der Waals surface area (Å²) in [5.41, 5.74) is 2.21. The van der Waals surface area contributed by atoms with Crippen LogP contribution in [-0.2, 0) is 0 Å². The van der Waals surface area contributed by atoms with Crippen molar-refractivity contribution in [3.63, 3.8) is 0 Å². The second kappa shape index (κ2) is 4.52. The number of nitrogens with one attached hydrogen (secondary N) is 1. The van der Waals surface area contributed by atoms with Gasteiger partial charge in [0.1, 0.15) is 0 Å². The first-order valence-corrected chi connectivity index (χ1v) is 5.78. The van der Waals surface area contributed by atoms with Crippen molar-refractivity contribution < 1.29 is 0 Å². The van der Waals surface area contributed by atoms with Gasteiger partial charge in [-0.1, -0.05) is 19.9 Å². The Kier molecular flexibility index (Phi) is 3.09. The second-order valence-electron chi connectivity index (χ2n) is 4.59. The standard InChI is InChI=1S/C14H18N2/c1-10(2)11(3)16-13-6-7-14-12(9-13)5-4-8-15-14/h4-11,16H,1-3H3. The van der Waals surface area contributed by atoms with Gasteiger partial charge in [-0.2, -0.15) is 0 Å². The third-order valence-corrected chi connectivity index (χ3v) is 3.00. The van der Waals surface area contributed by atoms with Crippen LogP contribution in [0.1, 0.15) is 20.8 Å². The number of benzene rings is 1. The summed E-state index contributed by atoms with van der Waals surface area (Å²) in [4.78, 5) is 4.31. The maximum atomic E-state index is 4.31. The van der Waals surface area contributed by atoms with E-state index in [-0.39, 0.29) is 0 Å². The minimum absolute atomic E-state index is 0.481. The van der Waals surface area contributed by atoms with Crippen LogP contribution in [0.4, 0.5) is 5.69 Å². The molecule has 84 valence electrons. The highest BCUT2D eigenvalue weighted by atomic mass is 14.9. The quantitative estimate of drug-likeness (QED) is 0.842. The van der Waals surface area contributed by atoms with Crippen LogP contribution in [0, 0.1) is 5.92 Å². The van der Waals surface area contributed by atoms with Gasteiger partial charge >= 0.3 is 0 Å². The Balaban J connectivity index is 2.26. The van der Waals surface area contributed by atoms with Crippen molar-refractivity contribution in [1.82, 2.24) is 4.98 Å². The minimum Gasteiger partial charge on any atom is -0.382 e. The second-order valence-corrected chi connectivity index (χ2v) is 4.59. The van der Waals surface area contributed by atoms with Gasteiger partial charge in [0, 0.05) is 23.3 Å². The van der Waals surface area contributed by atoms with Gasteiger partial charge in [-0.25, -0.2) is 0 Å². The Labute approximate surface area is 96.7 Å². The van der Waals surface area contributed by atoms with E-state index < -0.39 is 0 Å². The Morgan fingerprint density at radius 3 is 2.69 bits per heavy atom. The third kappa shape index (κ3) is 2.32. The van der Waals surface area contributed by atoms with E-state index in [0.29, 0.717) is 12.0 Å².